The number of imidazole rings is 2. The summed E-state index contributed by atoms with van der Waals surface area (Å²) in [6.45, 7) is 1.93. The number of H-pyrrole nitrogens is 2. The van der Waals surface area contributed by atoms with Crippen LogP contribution in [-0.4, -0.2) is 50.5 Å². The number of hydrogen-bond donors (Lipinski definition) is 2. The van der Waals surface area contributed by atoms with Crippen molar-refractivity contribution in [2.24, 2.45) is 0 Å². The van der Waals surface area contributed by atoms with Crippen molar-refractivity contribution in [3.63, 3.8) is 0 Å². The number of fused-ring (bicyclic) bond motifs is 1. The fraction of sp³-hybridized carbons (Fsp3) is 0.115. The first-order valence-corrected chi connectivity index (χ1v) is 11.4. The van der Waals surface area contributed by atoms with E-state index in [1.165, 1.54) is 6.33 Å². The molecule has 2 N–H and O–H groups in total. The van der Waals surface area contributed by atoms with Crippen molar-refractivity contribution >= 4 is 16.9 Å². The number of aromatic nitrogens is 9. The number of benzene rings is 1. The third-order valence-electron chi connectivity index (χ3n) is 5.85. The lowest BCUT2D eigenvalue weighted by atomic mass is 10.0. The summed E-state index contributed by atoms with van der Waals surface area (Å²) in [6, 6.07) is 13.5. The third kappa shape index (κ3) is 4.27. The van der Waals surface area contributed by atoms with Gasteiger partial charge < -0.3 is 4.98 Å². The van der Waals surface area contributed by atoms with E-state index in [1.54, 1.807) is 18.7 Å². The Hall–Kier alpha value is -4.99. The number of nitrogens with one attached hydrogen (secondary N) is 2. The number of hydrogen-bond acceptors (Lipinski definition) is 7. The van der Waals surface area contributed by atoms with Crippen molar-refractivity contribution in [2.45, 2.75) is 19.8 Å². The highest BCUT2D eigenvalue weighted by Crippen LogP contribution is 2.23. The van der Waals surface area contributed by atoms with E-state index in [2.05, 4.69) is 40.1 Å². The first kappa shape index (κ1) is 21.5. The largest absolute Gasteiger partial charge is 0.334 e. The lowest BCUT2D eigenvalue weighted by molar-refractivity contribution is -0.117. The van der Waals surface area contributed by atoms with Gasteiger partial charge in [-0.3, -0.25) is 19.4 Å². The van der Waals surface area contributed by atoms with Crippen LogP contribution < -0.4 is 0 Å². The molecule has 10 nitrogen and oxygen atoms in total. The average Bonchev–Trinajstić information content (AvgIpc) is 3.64. The highest BCUT2D eigenvalue weighted by atomic mass is 16.1. The van der Waals surface area contributed by atoms with Gasteiger partial charge in [0.25, 0.3) is 0 Å². The average molecular weight is 476 g/mol. The molecule has 0 aliphatic rings. The Kier molecular flexibility index (Phi) is 5.38. The van der Waals surface area contributed by atoms with Gasteiger partial charge in [-0.2, -0.15) is 5.10 Å². The molecular formula is C26H21N9O. The minimum Gasteiger partial charge on any atom is -0.334 e. The summed E-state index contributed by atoms with van der Waals surface area (Å²) >= 11 is 0. The summed E-state index contributed by atoms with van der Waals surface area (Å²) in [6.07, 6.45) is 9.17. The molecule has 0 atom stereocenters. The van der Waals surface area contributed by atoms with Crippen LogP contribution in [0.1, 0.15) is 17.0 Å². The number of aryl methyl sites for hydroxylation is 1. The number of carbonyl (C=O) groups excluding carboxylic acids is 1. The van der Waals surface area contributed by atoms with E-state index in [4.69, 9.17) is 0 Å². The molecule has 10 heteroatoms. The molecule has 0 aliphatic carbocycles. The molecule has 1 aromatic carbocycles. The van der Waals surface area contributed by atoms with E-state index in [0.29, 0.717) is 30.1 Å². The van der Waals surface area contributed by atoms with Gasteiger partial charge in [-0.25, -0.2) is 19.9 Å². The quantitative estimate of drug-likeness (QED) is 0.360. The molecule has 0 unspecified atom stereocenters. The molecular weight excluding hydrogens is 454 g/mol. The minimum atomic E-state index is 0.104. The highest BCUT2D eigenvalue weighted by molar-refractivity contribution is 5.84. The Bertz CT molecular complexity index is 1660. The molecule has 0 aliphatic heterocycles. The lowest BCUT2D eigenvalue weighted by Gasteiger charge is -2.02. The van der Waals surface area contributed by atoms with Crippen LogP contribution in [0.25, 0.3) is 39.6 Å². The first-order chi connectivity index (χ1) is 17.6. The molecule has 0 spiro atoms. The molecule has 5 aromatic heterocycles. The van der Waals surface area contributed by atoms with E-state index in [1.807, 2.05) is 60.2 Å². The predicted molar refractivity (Wildman–Crippen MR) is 133 cm³/mol. The molecule has 0 saturated heterocycles. The van der Waals surface area contributed by atoms with E-state index in [-0.39, 0.29) is 5.78 Å². The van der Waals surface area contributed by atoms with E-state index in [0.717, 1.165) is 39.3 Å². The standard InChI is InChI=1S/C26H21N9O/c1-16-13-35(15-30-16)26-23-25(28-14-29-26)32-24(31-23)19-4-2-17(3-5-19)10-21(36)11-20-12-22(34-33-20)18-6-8-27-9-7-18/h2-9,12-15H,10-11H2,1H3,(H,33,34)(H,28,29,31,32). The Labute approximate surface area is 205 Å². The van der Waals surface area contributed by atoms with Crippen LogP contribution in [0.5, 0.6) is 0 Å². The van der Waals surface area contributed by atoms with Gasteiger partial charge in [-0.1, -0.05) is 24.3 Å². The maximum absolute atomic E-state index is 12.7. The second-order valence-electron chi connectivity index (χ2n) is 8.51. The smallest absolute Gasteiger partial charge is 0.183 e. The topological polar surface area (TPSA) is 131 Å². The van der Waals surface area contributed by atoms with Crippen LogP contribution >= 0.6 is 0 Å². The Morgan fingerprint density at radius 3 is 2.58 bits per heavy atom. The van der Waals surface area contributed by atoms with Crippen LogP contribution in [0.2, 0.25) is 0 Å². The summed E-state index contributed by atoms with van der Waals surface area (Å²) in [5, 5.41) is 7.27. The summed E-state index contributed by atoms with van der Waals surface area (Å²) in [5.74, 6) is 1.47. The molecule has 6 aromatic rings. The second-order valence-corrected chi connectivity index (χ2v) is 8.51. The zero-order chi connectivity index (χ0) is 24.5. The molecule has 5 heterocycles. The Morgan fingerprint density at radius 2 is 1.81 bits per heavy atom. The SMILES string of the molecule is Cc1cn(-c2ncnc3nc(-c4ccc(CC(=O)Cc5cc(-c6ccncc6)n[nH]5)cc4)[nH]c23)cn1. The van der Waals surface area contributed by atoms with Gasteiger partial charge in [0.2, 0.25) is 0 Å². The van der Waals surface area contributed by atoms with Crippen LogP contribution in [0.4, 0.5) is 0 Å². The predicted octanol–water partition coefficient (Wildman–Crippen LogP) is 3.65. The van der Waals surface area contributed by atoms with Crippen molar-refractivity contribution < 1.29 is 4.79 Å². The molecule has 0 radical (unpaired) electrons. The zero-order valence-electron chi connectivity index (χ0n) is 19.4. The highest BCUT2D eigenvalue weighted by Gasteiger charge is 2.14. The summed E-state index contributed by atoms with van der Waals surface area (Å²) in [5.41, 5.74) is 6.58. The van der Waals surface area contributed by atoms with Crippen LogP contribution in [0.15, 0.2) is 73.7 Å². The van der Waals surface area contributed by atoms with Gasteiger partial charge >= 0.3 is 0 Å². The third-order valence-corrected chi connectivity index (χ3v) is 5.85. The lowest BCUT2D eigenvalue weighted by Crippen LogP contribution is -2.06. The number of ketones is 1. The molecule has 36 heavy (non-hydrogen) atoms. The first-order valence-electron chi connectivity index (χ1n) is 11.4. The molecule has 0 amide bonds. The zero-order valence-corrected chi connectivity index (χ0v) is 19.4. The van der Waals surface area contributed by atoms with Crippen molar-refractivity contribution in [3.8, 4) is 28.5 Å². The van der Waals surface area contributed by atoms with Crippen molar-refractivity contribution in [2.75, 3.05) is 0 Å². The van der Waals surface area contributed by atoms with Gasteiger partial charge in [0.15, 0.2) is 11.5 Å². The van der Waals surface area contributed by atoms with Crippen LogP contribution in [0, 0.1) is 6.92 Å². The van der Waals surface area contributed by atoms with Crippen molar-refractivity contribution in [3.05, 3.63) is 90.7 Å². The normalized spacial score (nSPS) is 11.2. The minimum absolute atomic E-state index is 0.104. The monoisotopic (exact) mass is 475 g/mol. The van der Waals surface area contributed by atoms with Crippen LogP contribution in [0.3, 0.4) is 0 Å². The van der Waals surface area contributed by atoms with E-state index in [9.17, 15) is 4.79 Å². The van der Waals surface area contributed by atoms with Gasteiger partial charge in [-0.05, 0) is 30.7 Å². The van der Waals surface area contributed by atoms with Gasteiger partial charge in [0.1, 0.15) is 29.8 Å². The van der Waals surface area contributed by atoms with Crippen molar-refractivity contribution in [1.82, 2.24) is 44.7 Å². The summed E-state index contributed by atoms with van der Waals surface area (Å²) < 4.78 is 1.84. The molecule has 0 fully saturated rings. The number of rotatable bonds is 7. The molecule has 0 bridgehead atoms. The van der Waals surface area contributed by atoms with E-state index >= 15 is 0 Å². The number of aromatic amines is 2. The van der Waals surface area contributed by atoms with E-state index < -0.39 is 0 Å². The fourth-order valence-electron chi connectivity index (χ4n) is 4.09. The maximum atomic E-state index is 12.7. The molecule has 0 saturated carbocycles. The van der Waals surface area contributed by atoms with Crippen LogP contribution in [-0.2, 0) is 17.6 Å². The number of Topliss-reactive ketones (excluding diaryl/α,β-unsaturated/α-hetero) is 1. The number of pyridine rings is 1. The van der Waals surface area contributed by atoms with Gasteiger partial charge in [0, 0.05) is 48.3 Å². The number of nitrogens with zero attached hydrogens (tertiary/aromatic N) is 7. The van der Waals surface area contributed by atoms with Gasteiger partial charge in [-0.15, -0.1) is 0 Å². The Balaban J connectivity index is 1.16. The maximum Gasteiger partial charge on any atom is 0.183 e. The Morgan fingerprint density at radius 1 is 0.972 bits per heavy atom. The number of carbonyl (C=O) groups is 1. The summed E-state index contributed by atoms with van der Waals surface area (Å²) in [7, 11) is 0. The van der Waals surface area contributed by atoms with Crippen molar-refractivity contribution in [1.29, 1.82) is 0 Å². The molecule has 176 valence electrons. The molecule has 6 rings (SSSR count). The second kappa shape index (κ2) is 8.99. The fourth-order valence-corrected chi connectivity index (χ4v) is 4.09. The van der Waals surface area contributed by atoms with Gasteiger partial charge in [0.05, 0.1) is 11.4 Å². The summed E-state index contributed by atoms with van der Waals surface area (Å²) in [4.78, 5) is 37.6.